The first-order valence-corrected chi connectivity index (χ1v) is 14.9. The second-order valence-corrected chi connectivity index (χ2v) is 16.4. The summed E-state index contributed by atoms with van der Waals surface area (Å²) in [6, 6.07) is 11.0. The van der Waals surface area contributed by atoms with Gasteiger partial charge in [-0.15, -0.1) is 0 Å². The molecule has 176 valence electrons. The normalized spacial score (nSPS) is 16.9. The summed E-state index contributed by atoms with van der Waals surface area (Å²) in [5.74, 6) is 0.875. The van der Waals surface area contributed by atoms with Crippen molar-refractivity contribution in [3.63, 3.8) is 0 Å². The summed E-state index contributed by atoms with van der Waals surface area (Å²) in [4.78, 5) is 0. The lowest BCUT2D eigenvalue weighted by molar-refractivity contribution is 0.0553. The molecule has 0 fully saturated rings. The number of fused-ring (bicyclic) bond motifs is 1. The van der Waals surface area contributed by atoms with Gasteiger partial charge in [-0.1, -0.05) is 39.0 Å². The summed E-state index contributed by atoms with van der Waals surface area (Å²) in [7, 11) is -1.83. The second kappa shape index (κ2) is 8.96. The lowest BCUT2D eigenvalue weighted by atomic mass is 9.90. The number of hydrogen-bond donors (Lipinski definition) is 1. The van der Waals surface area contributed by atoms with Crippen LogP contribution < -0.4 is 4.74 Å². The average molecular weight is 455 g/mol. The van der Waals surface area contributed by atoms with Crippen molar-refractivity contribution in [3.8, 4) is 16.9 Å². The summed E-state index contributed by atoms with van der Waals surface area (Å²) in [5.41, 5.74) is 7.20. The lowest BCUT2D eigenvalue weighted by Crippen LogP contribution is -2.41. The smallest absolute Gasteiger partial charge is 0.192 e. The predicted molar refractivity (Wildman–Crippen MR) is 137 cm³/mol. The van der Waals surface area contributed by atoms with Crippen molar-refractivity contribution in [2.45, 2.75) is 97.6 Å². The maximum absolute atomic E-state index is 9.94. The third kappa shape index (κ3) is 5.47. The van der Waals surface area contributed by atoms with Crippen molar-refractivity contribution < 1.29 is 14.3 Å². The van der Waals surface area contributed by atoms with E-state index in [2.05, 4.69) is 78.0 Å². The van der Waals surface area contributed by atoms with Crippen molar-refractivity contribution in [2.24, 2.45) is 0 Å². The molecule has 0 radical (unpaired) electrons. The fourth-order valence-electron chi connectivity index (χ4n) is 4.36. The first-order valence-electron chi connectivity index (χ1n) is 12.0. The quantitative estimate of drug-likeness (QED) is 0.440. The molecule has 0 spiro atoms. The fraction of sp³-hybridized carbons (Fsp3) is 0.571. The minimum atomic E-state index is -1.83. The van der Waals surface area contributed by atoms with Crippen LogP contribution in [0.5, 0.6) is 5.75 Å². The van der Waals surface area contributed by atoms with E-state index in [4.69, 9.17) is 9.16 Å². The SMILES string of the molecule is Cc1cc(OCCC(C)(C)O)cc(C)c1-c1cccc2c1CC[C@@H]2O[Si](C)(C)C(C)(C)C. The van der Waals surface area contributed by atoms with E-state index >= 15 is 0 Å². The summed E-state index contributed by atoms with van der Waals surface area (Å²) in [6.45, 7) is 20.1. The highest BCUT2D eigenvalue weighted by molar-refractivity contribution is 6.74. The molecule has 0 unspecified atom stereocenters. The summed E-state index contributed by atoms with van der Waals surface area (Å²) >= 11 is 0. The molecule has 0 aromatic heterocycles. The topological polar surface area (TPSA) is 38.7 Å². The molecule has 0 bridgehead atoms. The van der Waals surface area contributed by atoms with Gasteiger partial charge in [-0.05, 0) is 104 Å². The first kappa shape index (κ1) is 25.0. The Morgan fingerprint density at radius 2 is 1.66 bits per heavy atom. The molecule has 3 nitrogen and oxygen atoms in total. The monoisotopic (exact) mass is 454 g/mol. The molecule has 1 aliphatic carbocycles. The van der Waals surface area contributed by atoms with Gasteiger partial charge in [0.25, 0.3) is 0 Å². The zero-order chi connectivity index (χ0) is 23.9. The Balaban J connectivity index is 1.88. The molecule has 0 aliphatic heterocycles. The molecular weight excluding hydrogens is 412 g/mol. The molecule has 0 amide bonds. The van der Waals surface area contributed by atoms with E-state index in [-0.39, 0.29) is 11.1 Å². The van der Waals surface area contributed by atoms with Crippen LogP contribution in [-0.2, 0) is 10.8 Å². The molecular formula is C28H42O3Si. The minimum Gasteiger partial charge on any atom is -0.493 e. The summed E-state index contributed by atoms with van der Waals surface area (Å²) in [6.07, 6.45) is 2.94. The zero-order valence-corrected chi connectivity index (χ0v) is 22.6. The van der Waals surface area contributed by atoms with Gasteiger partial charge in [0.1, 0.15) is 5.75 Å². The van der Waals surface area contributed by atoms with Crippen LogP contribution in [0.1, 0.15) is 75.8 Å². The van der Waals surface area contributed by atoms with Crippen molar-refractivity contribution in [1.29, 1.82) is 0 Å². The van der Waals surface area contributed by atoms with E-state index in [1.54, 1.807) is 0 Å². The molecule has 4 heteroatoms. The van der Waals surface area contributed by atoms with Gasteiger partial charge in [0.2, 0.25) is 0 Å². The highest BCUT2D eigenvalue weighted by atomic mass is 28.4. The Labute approximate surface area is 196 Å². The van der Waals surface area contributed by atoms with E-state index in [1.165, 1.54) is 33.4 Å². The van der Waals surface area contributed by atoms with Crippen molar-refractivity contribution in [1.82, 2.24) is 0 Å². The lowest BCUT2D eigenvalue weighted by Gasteiger charge is -2.38. The Kier molecular flexibility index (Phi) is 7.00. The highest BCUT2D eigenvalue weighted by Gasteiger charge is 2.41. The van der Waals surface area contributed by atoms with Crippen LogP contribution >= 0.6 is 0 Å². The number of benzene rings is 2. The average Bonchev–Trinajstić information content (AvgIpc) is 3.02. The molecule has 2 aromatic carbocycles. The van der Waals surface area contributed by atoms with Gasteiger partial charge in [-0.2, -0.15) is 0 Å². The third-order valence-electron chi connectivity index (χ3n) is 7.22. The number of hydrogen-bond acceptors (Lipinski definition) is 3. The first-order chi connectivity index (χ1) is 14.7. The van der Waals surface area contributed by atoms with Gasteiger partial charge in [-0.3, -0.25) is 0 Å². The molecule has 0 heterocycles. The van der Waals surface area contributed by atoms with E-state index in [0.29, 0.717) is 13.0 Å². The van der Waals surface area contributed by atoms with Gasteiger partial charge >= 0.3 is 0 Å². The number of ether oxygens (including phenoxy) is 1. The fourth-order valence-corrected chi connectivity index (χ4v) is 5.67. The maximum Gasteiger partial charge on any atom is 0.192 e. The molecule has 2 aromatic rings. The van der Waals surface area contributed by atoms with Crippen LogP contribution in [0, 0.1) is 13.8 Å². The predicted octanol–water partition coefficient (Wildman–Crippen LogP) is 7.52. The Hall–Kier alpha value is -1.62. The Bertz CT molecular complexity index is 941. The summed E-state index contributed by atoms with van der Waals surface area (Å²) < 4.78 is 12.8. The van der Waals surface area contributed by atoms with Gasteiger partial charge in [0, 0.05) is 6.42 Å². The van der Waals surface area contributed by atoms with E-state index in [9.17, 15) is 5.11 Å². The van der Waals surface area contributed by atoms with Gasteiger partial charge in [0.05, 0.1) is 18.3 Å². The van der Waals surface area contributed by atoms with Crippen LogP contribution in [0.3, 0.4) is 0 Å². The second-order valence-electron chi connectivity index (χ2n) is 11.6. The van der Waals surface area contributed by atoms with Crippen LogP contribution in [0.2, 0.25) is 18.1 Å². The van der Waals surface area contributed by atoms with E-state index < -0.39 is 13.9 Å². The van der Waals surface area contributed by atoms with E-state index in [1.807, 2.05) is 13.8 Å². The highest BCUT2D eigenvalue weighted by Crippen LogP contribution is 2.46. The van der Waals surface area contributed by atoms with Gasteiger partial charge in [0.15, 0.2) is 8.32 Å². The molecule has 1 aliphatic rings. The largest absolute Gasteiger partial charge is 0.493 e. The number of rotatable bonds is 7. The molecule has 0 saturated carbocycles. The molecule has 1 atom stereocenters. The molecule has 3 rings (SSSR count). The van der Waals surface area contributed by atoms with Crippen LogP contribution in [-0.4, -0.2) is 25.6 Å². The van der Waals surface area contributed by atoms with Crippen LogP contribution in [0.15, 0.2) is 30.3 Å². The molecule has 1 N–H and O–H groups in total. The third-order valence-corrected chi connectivity index (χ3v) is 11.7. The van der Waals surface area contributed by atoms with Crippen molar-refractivity contribution >= 4 is 8.32 Å². The summed E-state index contributed by atoms with van der Waals surface area (Å²) in [5, 5.41) is 10.1. The van der Waals surface area contributed by atoms with Crippen molar-refractivity contribution in [2.75, 3.05) is 6.61 Å². The van der Waals surface area contributed by atoms with Gasteiger partial charge < -0.3 is 14.3 Å². The number of aryl methyl sites for hydroxylation is 2. The van der Waals surface area contributed by atoms with Crippen LogP contribution in [0.4, 0.5) is 0 Å². The number of aliphatic hydroxyl groups is 1. The Morgan fingerprint density at radius 1 is 1.03 bits per heavy atom. The zero-order valence-electron chi connectivity index (χ0n) is 21.6. The molecule has 0 saturated heterocycles. The van der Waals surface area contributed by atoms with E-state index in [0.717, 1.165) is 18.6 Å². The maximum atomic E-state index is 9.94. The standard InChI is InChI=1S/C28H42O3Si/c1-19-17-21(30-16-15-28(6,7)29)18-20(2)26(19)24-12-10-11-23-22(24)13-14-25(23)31-32(8,9)27(3,4)5/h10-12,17-18,25,29H,13-16H2,1-9H3/t25-/m0/s1. The van der Waals surface area contributed by atoms with Gasteiger partial charge in [-0.25, -0.2) is 0 Å². The molecule has 32 heavy (non-hydrogen) atoms. The Morgan fingerprint density at radius 3 is 2.22 bits per heavy atom. The van der Waals surface area contributed by atoms with Crippen molar-refractivity contribution in [3.05, 3.63) is 52.6 Å². The minimum absolute atomic E-state index is 0.205. The van der Waals surface area contributed by atoms with Crippen LogP contribution in [0.25, 0.3) is 11.1 Å².